The Hall–Kier alpha value is -2.67. The van der Waals surface area contributed by atoms with E-state index in [1.807, 2.05) is 0 Å². The Labute approximate surface area is 145 Å². The summed E-state index contributed by atoms with van der Waals surface area (Å²) in [6.45, 7) is 1.64. The Morgan fingerprint density at radius 1 is 1.04 bits per heavy atom. The number of hydrogen-bond donors (Lipinski definition) is 1. The summed E-state index contributed by atoms with van der Waals surface area (Å²) in [5, 5.41) is 1.88. The maximum Gasteiger partial charge on any atom is 0.418 e. The van der Waals surface area contributed by atoms with Crippen LogP contribution in [0.25, 0.3) is 0 Å². The number of alkyl halides is 3. The summed E-state index contributed by atoms with van der Waals surface area (Å²) < 4.78 is 39.3. The Morgan fingerprint density at radius 2 is 1.72 bits per heavy atom. The fourth-order valence-electron chi connectivity index (χ4n) is 2.45. The molecule has 1 heterocycles. The molecule has 1 aliphatic rings. The number of rotatable bonds is 2. The third-order valence-corrected chi connectivity index (χ3v) is 3.99. The van der Waals surface area contributed by atoms with Gasteiger partial charge in [0.15, 0.2) is 0 Å². The van der Waals surface area contributed by atoms with Crippen LogP contribution in [0.1, 0.15) is 32.1 Å². The van der Waals surface area contributed by atoms with Crippen molar-refractivity contribution in [2.24, 2.45) is 0 Å². The van der Waals surface area contributed by atoms with Crippen LogP contribution in [0.2, 0.25) is 0 Å². The van der Waals surface area contributed by atoms with Gasteiger partial charge in [-0.05, 0) is 31.2 Å². The van der Waals surface area contributed by atoms with Crippen molar-refractivity contribution in [3.63, 3.8) is 0 Å². The molecule has 1 N–H and O–H groups in total. The average molecular weight is 367 g/mol. The lowest BCUT2D eigenvalue weighted by atomic mass is 9.96. The highest BCUT2D eigenvalue weighted by atomic mass is 35.5. The average Bonchev–Trinajstić information content (AvgIpc) is 2.56. The maximum atomic E-state index is 13.1. The van der Waals surface area contributed by atoms with Crippen molar-refractivity contribution in [3.8, 4) is 0 Å². The third-order valence-electron chi connectivity index (χ3n) is 3.63. The normalized spacial score (nSPS) is 14.6. The molecule has 1 aromatic carbocycles. The van der Waals surface area contributed by atoms with Gasteiger partial charge in [0.05, 0.1) is 16.8 Å². The van der Waals surface area contributed by atoms with Gasteiger partial charge in [-0.15, -0.1) is 0 Å². The number of aromatic nitrogens is 1. The van der Waals surface area contributed by atoms with Crippen LogP contribution in [0.3, 0.4) is 0 Å². The van der Waals surface area contributed by atoms with Crippen molar-refractivity contribution >= 4 is 28.9 Å². The summed E-state index contributed by atoms with van der Waals surface area (Å²) >= 11 is 5.95. The van der Waals surface area contributed by atoms with E-state index in [2.05, 4.69) is 10.3 Å². The molecule has 0 unspecified atom stereocenters. The van der Waals surface area contributed by atoms with Crippen LogP contribution in [0, 0.1) is 6.92 Å². The van der Waals surface area contributed by atoms with Crippen LogP contribution in [0.4, 0.5) is 18.9 Å². The van der Waals surface area contributed by atoms with Gasteiger partial charge in [0.1, 0.15) is 16.4 Å². The lowest BCUT2D eigenvalue weighted by Crippen LogP contribution is -2.26. The summed E-state index contributed by atoms with van der Waals surface area (Å²) in [4.78, 5) is 28.9. The van der Waals surface area contributed by atoms with Gasteiger partial charge in [-0.1, -0.05) is 23.7 Å². The van der Waals surface area contributed by atoms with Crippen molar-refractivity contribution in [1.29, 1.82) is 0 Å². The summed E-state index contributed by atoms with van der Waals surface area (Å²) in [5.74, 6) is -1.41. The standard InChI is InChI=1S/C17H10ClF3N2O2/c1-8-6-7-9-13(22-8)16(25)12(18)14(15(9)24)23-11-5-3-2-4-10(11)17(19,20)21/h2-7,23H,1H3. The number of para-hydroxylation sites is 1. The van der Waals surface area contributed by atoms with E-state index in [0.717, 1.165) is 12.1 Å². The predicted molar refractivity (Wildman–Crippen MR) is 85.6 cm³/mol. The van der Waals surface area contributed by atoms with Gasteiger partial charge < -0.3 is 5.32 Å². The molecule has 0 aliphatic heterocycles. The van der Waals surface area contributed by atoms with Gasteiger partial charge in [0.2, 0.25) is 11.6 Å². The molecule has 4 nitrogen and oxygen atoms in total. The number of allylic oxidation sites excluding steroid dienone is 2. The molecule has 8 heteroatoms. The number of fused-ring (bicyclic) bond motifs is 1. The molecule has 2 aromatic rings. The minimum Gasteiger partial charge on any atom is -0.350 e. The number of benzene rings is 1. The number of carbonyl (C=O) groups excluding carboxylic acids is 2. The molecular formula is C17H10ClF3N2O2. The highest BCUT2D eigenvalue weighted by molar-refractivity contribution is 6.50. The number of anilines is 1. The number of aryl methyl sites for hydroxylation is 1. The van der Waals surface area contributed by atoms with E-state index < -0.39 is 34.0 Å². The molecule has 3 rings (SSSR count). The summed E-state index contributed by atoms with van der Waals surface area (Å²) in [6.07, 6.45) is -4.63. The topological polar surface area (TPSA) is 59.1 Å². The molecule has 1 aliphatic carbocycles. The molecule has 0 saturated heterocycles. The SMILES string of the molecule is Cc1ccc2c(n1)C(=O)C(Cl)=C(Nc1ccccc1C(F)(F)F)C2=O. The van der Waals surface area contributed by atoms with Crippen LogP contribution < -0.4 is 5.32 Å². The number of ketones is 2. The zero-order chi connectivity index (χ0) is 18.4. The van der Waals surface area contributed by atoms with Crippen LogP contribution in [-0.4, -0.2) is 16.6 Å². The van der Waals surface area contributed by atoms with E-state index in [9.17, 15) is 22.8 Å². The van der Waals surface area contributed by atoms with Crippen molar-refractivity contribution in [1.82, 2.24) is 4.98 Å². The molecule has 0 fully saturated rings. The fraction of sp³-hybridized carbons (Fsp3) is 0.118. The Morgan fingerprint density at radius 3 is 2.40 bits per heavy atom. The second-order valence-corrected chi connectivity index (χ2v) is 5.74. The number of Topliss-reactive ketones (excluding diaryl/α,β-unsaturated/α-hetero) is 2. The molecule has 25 heavy (non-hydrogen) atoms. The van der Waals surface area contributed by atoms with E-state index >= 15 is 0 Å². The molecule has 0 spiro atoms. The Balaban J connectivity index is 2.08. The summed E-state index contributed by atoms with van der Waals surface area (Å²) in [6, 6.07) is 7.55. The van der Waals surface area contributed by atoms with Gasteiger partial charge in [0, 0.05) is 5.69 Å². The highest BCUT2D eigenvalue weighted by Gasteiger charge is 2.36. The Bertz CT molecular complexity index is 936. The van der Waals surface area contributed by atoms with E-state index in [1.165, 1.54) is 24.3 Å². The second kappa shape index (κ2) is 6.00. The van der Waals surface area contributed by atoms with Crippen molar-refractivity contribution < 1.29 is 22.8 Å². The van der Waals surface area contributed by atoms with E-state index in [1.54, 1.807) is 6.92 Å². The number of pyridine rings is 1. The molecule has 0 saturated carbocycles. The number of halogens is 4. The predicted octanol–water partition coefficient (Wildman–Crippen LogP) is 4.35. The van der Waals surface area contributed by atoms with Crippen LogP contribution in [0.5, 0.6) is 0 Å². The van der Waals surface area contributed by atoms with Gasteiger partial charge in [0.25, 0.3) is 0 Å². The van der Waals surface area contributed by atoms with Gasteiger partial charge >= 0.3 is 6.18 Å². The van der Waals surface area contributed by atoms with Crippen molar-refractivity contribution in [3.05, 3.63) is 69.6 Å². The Kier molecular flexibility index (Phi) is 4.12. The number of nitrogens with zero attached hydrogens (tertiary/aromatic N) is 1. The molecule has 0 atom stereocenters. The van der Waals surface area contributed by atoms with Gasteiger partial charge in [-0.2, -0.15) is 13.2 Å². The van der Waals surface area contributed by atoms with Crippen molar-refractivity contribution in [2.75, 3.05) is 5.32 Å². The first-order valence-corrected chi connectivity index (χ1v) is 7.48. The number of carbonyl (C=O) groups is 2. The lowest BCUT2D eigenvalue weighted by Gasteiger charge is -2.20. The zero-order valence-electron chi connectivity index (χ0n) is 12.7. The monoisotopic (exact) mass is 366 g/mol. The summed E-state index contributed by atoms with van der Waals surface area (Å²) in [5.41, 5.74) is -1.34. The molecule has 0 bridgehead atoms. The van der Waals surface area contributed by atoms with Gasteiger partial charge in [-0.25, -0.2) is 4.98 Å². The zero-order valence-corrected chi connectivity index (χ0v) is 13.5. The van der Waals surface area contributed by atoms with E-state index in [0.29, 0.717) is 5.69 Å². The number of hydrogen-bond acceptors (Lipinski definition) is 4. The smallest absolute Gasteiger partial charge is 0.350 e. The fourth-order valence-corrected chi connectivity index (χ4v) is 2.67. The highest BCUT2D eigenvalue weighted by Crippen LogP contribution is 2.36. The van der Waals surface area contributed by atoms with E-state index in [4.69, 9.17) is 11.6 Å². The first-order chi connectivity index (χ1) is 11.7. The first-order valence-electron chi connectivity index (χ1n) is 7.10. The van der Waals surface area contributed by atoms with Gasteiger partial charge in [-0.3, -0.25) is 9.59 Å². The minimum atomic E-state index is -4.63. The van der Waals surface area contributed by atoms with Crippen LogP contribution in [0.15, 0.2) is 47.1 Å². The minimum absolute atomic E-state index is 0.00742. The second-order valence-electron chi connectivity index (χ2n) is 5.36. The molecule has 128 valence electrons. The first kappa shape index (κ1) is 17.2. The maximum absolute atomic E-state index is 13.1. The van der Waals surface area contributed by atoms with Crippen LogP contribution in [-0.2, 0) is 6.18 Å². The molecule has 0 radical (unpaired) electrons. The third kappa shape index (κ3) is 3.02. The largest absolute Gasteiger partial charge is 0.418 e. The molecule has 1 aromatic heterocycles. The van der Waals surface area contributed by atoms with Crippen LogP contribution >= 0.6 is 11.6 Å². The van der Waals surface area contributed by atoms with E-state index in [-0.39, 0.29) is 16.9 Å². The van der Waals surface area contributed by atoms with Crippen molar-refractivity contribution in [2.45, 2.75) is 13.1 Å². The molecule has 0 amide bonds. The number of nitrogens with one attached hydrogen (secondary N) is 1. The molecular weight excluding hydrogens is 357 g/mol. The quantitative estimate of drug-likeness (QED) is 0.858. The lowest BCUT2D eigenvalue weighted by molar-refractivity contribution is -0.136. The summed E-state index contributed by atoms with van der Waals surface area (Å²) in [7, 11) is 0.